The van der Waals surface area contributed by atoms with E-state index in [2.05, 4.69) is 10.3 Å². The van der Waals surface area contributed by atoms with E-state index in [1.165, 1.54) is 13.2 Å². The molecule has 1 heterocycles. The molecule has 1 amide bonds. The van der Waals surface area contributed by atoms with Gasteiger partial charge in [-0.05, 0) is 65.7 Å². The number of anilines is 1. The average molecular weight is 500 g/mol. The van der Waals surface area contributed by atoms with Gasteiger partial charge >= 0.3 is 5.97 Å². The summed E-state index contributed by atoms with van der Waals surface area (Å²) < 4.78 is 10.5. The number of esters is 1. The Morgan fingerprint density at radius 3 is 2.44 bits per heavy atom. The van der Waals surface area contributed by atoms with Crippen molar-refractivity contribution in [3.8, 4) is 11.8 Å². The van der Waals surface area contributed by atoms with E-state index < -0.39 is 5.91 Å². The first-order chi connectivity index (χ1) is 17.1. The van der Waals surface area contributed by atoms with Crippen molar-refractivity contribution in [2.75, 3.05) is 12.4 Å². The average Bonchev–Trinajstić information content (AvgIpc) is 2.91. The molecule has 0 radical (unpaired) electrons. The molecule has 4 aromatic rings. The lowest BCUT2D eigenvalue weighted by atomic mass is 10.1. The Labute approximate surface area is 214 Å². The van der Waals surface area contributed by atoms with Gasteiger partial charge in [-0.3, -0.25) is 9.78 Å². The molecule has 0 aliphatic carbocycles. The quantitative estimate of drug-likeness (QED) is 0.203. The van der Waals surface area contributed by atoms with Crippen molar-refractivity contribution in [1.82, 2.24) is 4.98 Å². The Kier molecular flexibility index (Phi) is 8.76. The highest BCUT2D eigenvalue weighted by molar-refractivity contribution is 6.12. The van der Waals surface area contributed by atoms with Crippen molar-refractivity contribution in [3.63, 3.8) is 0 Å². The number of nitriles is 1. The minimum atomic E-state index is -0.500. The third-order valence-electron chi connectivity index (χ3n) is 5.23. The number of ether oxygens (including phenoxy) is 2. The molecule has 0 fully saturated rings. The van der Waals surface area contributed by atoms with Gasteiger partial charge in [-0.25, -0.2) is 4.79 Å². The van der Waals surface area contributed by atoms with E-state index in [1.54, 1.807) is 72.9 Å². The fraction of sp³-hybridized carbons (Fsp3) is 0.0714. The van der Waals surface area contributed by atoms with Crippen molar-refractivity contribution in [2.24, 2.45) is 0 Å². The van der Waals surface area contributed by atoms with Crippen molar-refractivity contribution in [2.45, 2.75) is 6.61 Å². The van der Waals surface area contributed by atoms with Crippen LogP contribution in [0.25, 0.3) is 17.0 Å². The molecule has 1 aromatic heterocycles. The van der Waals surface area contributed by atoms with Gasteiger partial charge < -0.3 is 14.8 Å². The molecule has 0 bridgehead atoms. The molecule has 0 atom stereocenters. The van der Waals surface area contributed by atoms with Crippen LogP contribution in [-0.4, -0.2) is 24.0 Å². The molecular weight excluding hydrogens is 478 g/mol. The summed E-state index contributed by atoms with van der Waals surface area (Å²) in [5, 5.41) is 13.1. The molecule has 4 rings (SSSR count). The van der Waals surface area contributed by atoms with E-state index in [9.17, 15) is 14.9 Å². The van der Waals surface area contributed by atoms with Gasteiger partial charge in [-0.2, -0.15) is 5.26 Å². The van der Waals surface area contributed by atoms with Crippen LogP contribution in [0.5, 0.6) is 5.75 Å². The van der Waals surface area contributed by atoms with E-state index in [-0.39, 0.29) is 23.9 Å². The molecule has 0 saturated heterocycles. The number of benzene rings is 3. The molecule has 7 nitrogen and oxygen atoms in total. The number of hydrogen-bond donors (Lipinski definition) is 1. The molecule has 8 heteroatoms. The van der Waals surface area contributed by atoms with Crippen LogP contribution in [0.4, 0.5) is 5.69 Å². The second kappa shape index (κ2) is 12.2. The first-order valence-corrected chi connectivity index (χ1v) is 10.7. The van der Waals surface area contributed by atoms with Crippen molar-refractivity contribution in [1.29, 1.82) is 5.26 Å². The molecule has 0 spiro atoms. The van der Waals surface area contributed by atoms with Crippen LogP contribution in [0.3, 0.4) is 0 Å². The summed E-state index contributed by atoms with van der Waals surface area (Å²) in [5.74, 6) is -0.259. The zero-order valence-electron chi connectivity index (χ0n) is 19.3. The van der Waals surface area contributed by atoms with Gasteiger partial charge in [-0.1, -0.05) is 30.3 Å². The highest BCUT2D eigenvalue weighted by Crippen LogP contribution is 2.22. The minimum absolute atomic E-state index is 0. The number of hydrogen-bond acceptors (Lipinski definition) is 6. The number of pyridine rings is 1. The topological polar surface area (TPSA) is 101 Å². The maximum atomic E-state index is 12.7. The van der Waals surface area contributed by atoms with E-state index in [4.69, 9.17) is 9.47 Å². The SMILES string of the molecule is COC(=O)c1ccc(COc2ccc(/C=C(\C#N)C(=O)Nc3cccc4ncccc34)cc2)cc1.Cl. The summed E-state index contributed by atoms with van der Waals surface area (Å²) in [6.45, 7) is 0.322. The van der Waals surface area contributed by atoms with E-state index >= 15 is 0 Å². The Morgan fingerprint density at radius 1 is 1.00 bits per heavy atom. The minimum Gasteiger partial charge on any atom is -0.489 e. The second-order valence-electron chi connectivity index (χ2n) is 7.55. The number of nitrogens with zero attached hydrogens (tertiary/aromatic N) is 2. The first-order valence-electron chi connectivity index (χ1n) is 10.7. The van der Waals surface area contributed by atoms with Crippen molar-refractivity contribution >= 4 is 46.9 Å². The largest absolute Gasteiger partial charge is 0.489 e. The molecule has 36 heavy (non-hydrogen) atoms. The Hall–Kier alpha value is -4.67. The molecule has 3 aromatic carbocycles. The van der Waals surface area contributed by atoms with Gasteiger partial charge in [0, 0.05) is 11.6 Å². The van der Waals surface area contributed by atoms with Gasteiger partial charge in [0.05, 0.1) is 23.9 Å². The lowest BCUT2D eigenvalue weighted by Crippen LogP contribution is -2.13. The number of fused-ring (bicyclic) bond motifs is 1. The van der Waals surface area contributed by atoms with Crippen LogP contribution < -0.4 is 10.1 Å². The molecule has 0 aliphatic heterocycles. The molecule has 0 unspecified atom stereocenters. The summed E-state index contributed by atoms with van der Waals surface area (Å²) in [4.78, 5) is 28.5. The highest BCUT2D eigenvalue weighted by atomic mass is 35.5. The van der Waals surface area contributed by atoms with Crippen LogP contribution in [0.1, 0.15) is 21.5 Å². The number of carbonyl (C=O) groups excluding carboxylic acids is 2. The summed E-state index contributed by atoms with van der Waals surface area (Å²) in [6, 6.07) is 25.1. The van der Waals surface area contributed by atoms with Crippen LogP contribution in [0.15, 0.2) is 90.6 Å². The number of halogens is 1. The number of amides is 1. The zero-order valence-corrected chi connectivity index (χ0v) is 20.1. The number of carbonyl (C=O) groups is 2. The van der Waals surface area contributed by atoms with Gasteiger partial charge in [0.25, 0.3) is 5.91 Å². The Balaban J connectivity index is 0.00000361. The molecular formula is C28H22ClN3O4. The number of rotatable bonds is 7. The molecule has 0 aliphatic rings. The number of methoxy groups -OCH3 is 1. The monoisotopic (exact) mass is 499 g/mol. The highest BCUT2D eigenvalue weighted by Gasteiger charge is 2.12. The van der Waals surface area contributed by atoms with Crippen LogP contribution in [-0.2, 0) is 16.1 Å². The van der Waals surface area contributed by atoms with Gasteiger partial charge in [0.2, 0.25) is 0 Å². The zero-order chi connectivity index (χ0) is 24.6. The van der Waals surface area contributed by atoms with Gasteiger partial charge in [0.1, 0.15) is 24.0 Å². The smallest absolute Gasteiger partial charge is 0.337 e. The number of aromatic nitrogens is 1. The normalized spacial score (nSPS) is 10.6. The molecule has 0 saturated carbocycles. The van der Waals surface area contributed by atoms with E-state index in [1.807, 2.05) is 18.2 Å². The van der Waals surface area contributed by atoms with Crippen LogP contribution in [0, 0.1) is 11.3 Å². The van der Waals surface area contributed by atoms with Crippen LogP contribution >= 0.6 is 12.4 Å². The predicted octanol–water partition coefficient (Wildman–Crippen LogP) is 5.57. The Morgan fingerprint density at radius 2 is 1.75 bits per heavy atom. The second-order valence-corrected chi connectivity index (χ2v) is 7.55. The van der Waals surface area contributed by atoms with E-state index in [0.29, 0.717) is 29.2 Å². The summed E-state index contributed by atoms with van der Waals surface area (Å²) in [6.07, 6.45) is 3.21. The van der Waals surface area contributed by atoms with Crippen molar-refractivity contribution < 1.29 is 19.1 Å². The summed E-state index contributed by atoms with van der Waals surface area (Å²) in [7, 11) is 1.34. The third-order valence-corrected chi connectivity index (χ3v) is 5.23. The lowest BCUT2D eigenvalue weighted by molar-refractivity contribution is -0.112. The maximum absolute atomic E-state index is 12.7. The fourth-order valence-electron chi connectivity index (χ4n) is 3.40. The van der Waals surface area contributed by atoms with E-state index in [0.717, 1.165) is 16.5 Å². The first kappa shape index (κ1) is 25.9. The summed E-state index contributed by atoms with van der Waals surface area (Å²) in [5.41, 5.74) is 3.37. The summed E-state index contributed by atoms with van der Waals surface area (Å²) >= 11 is 0. The third kappa shape index (κ3) is 6.26. The maximum Gasteiger partial charge on any atom is 0.337 e. The lowest BCUT2D eigenvalue weighted by Gasteiger charge is -2.08. The van der Waals surface area contributed by atoms with Gasteiger partial charge in [-0.15, -0.1) is 12.4 Å². The van der Waals surface area contributed by atoms with Crippen molar-refractivity contribution in [3.05, 3.63) is 107 Å². The molecule has 180 valence electrons. The standard InChI is InChI=1S/C28H21N3O4.ClH/c1-34-28(33)21-11-7-20(8-12-21)18-35-23-13-9-19(10-14-23)16-22(17-29)27(32)31-26-6-2-5-25-24(26)4-3-15-30-25;/h2-16H,18H2,1H3,(H,31,32);1H/b22-16+;. The Bertz CT molecular complexity index is 1440. The predicted molar refractivity (Wildman–Crippen MR) is 140 cm³/mol. The molecule has 1 N–H and O–H groups in total. The van der Waals surface area contributed by atoms with Gasteiger partial charge in [0.15, 0.2) is 0 Å². The number of nitrogens with one attached hydrogen (secondary N) is 1. The fourth-order valence-corrected chi connectivity index (χ4v) is 3.40. The van der Waals surface area contributed by atoms with Crippen LogP contribution in [0.2, 0.25) is 0 Å².